The summed E-state index contributed by atoms with van der Waals surface area (Å²) < 4.78 is 7.18. The van der Waals surface area contributed by atoms with E-state index in [1.165, 1.54) is 4.90 Å². The summed E-state index contributed by atoms with van der Waals surface area (Å²) >= 11 is 0. The van der Waals surface area contributed by atoms with Crippen LogP contribution in [0.3, 0.4) is 0 Å². The van der Waals surface area contributed by atoms with Gasteiger partial charge in [0.25, 0.3) is 5.91 Å². The average Bonchev–Trinajstić information content (AvgIpc) is 3.39. The lowest BCUT2D eigenvalue weighted by atomic mass is 10.1. The van der Waals surface area contributed by atoms with Crippen molar-refractivity contribution in [3.05, 3.63) is 102 Å². The lowest BCUT2D eigenvalue weighted by Gasteiger charge is -2.17. The van der Waals surface area contributed by atoms with Crippen molar-refractivity contribution in [3.63, 3.8) is 0 Å². The molecule has 1 aromatic heterocycles. The van der Waals surface area contributed by atoms with Crippen molar-refractivity contribution in [3.8, 4) is 22.7 Å². The minimum Gasteiger partial charge on any atom is -0.496 e. The van der Waals surface area contributed by atoms with Gasteiger partial charge >= 0.3 is 0 Å². The number of aromatic nitrogens is 2. The van der Waals surface area contributed by atoms with Crippen LogP contribution in [-0.4, -0.2) is 40.1 Å². The highest BCUT2D eigenvalue weighted by Gasteiger charge is 2.32. The highest BCUT2D eigenvalue weighted by Crippen LogP contribution is 2.33. The van der Waals surface area contributed by atoms with Gasteiger partial charge in [0, 0.05) is 28.5 Å². The highest BCUT2D eigenvalue weighted by atomic mass is 16.5. The third-order valence-electron chi connectivity index (χ3n) is 5.98. The fourth-order valence-corrected chi connectivity index (χ4v) is 4.17. The second-order valence-electron chi connectivity index (χ2n) is 8.29. The second kappa shape index (κ2) is 8.95. The largest absolute Gasteiger partial charge is 0.496 e. The third-order valence-corrected chi connectivity index (χ3v) is 5.98. The van der Waals surface area contributed by atoms with Crippen LogP contribution < -0.4 is 10.1 Å². The Balaban J connectivity index is 1.46. The molecule has 1 aliphatic heterocycles. The molecule has 2 heterocycles. The quantitative estimate of drug-likeness (QED) is 0.439. The molecule has 7 nitrogen and oxygen atoms in total. The van der Waals surface area contributed by atoms with Gasteiger partial charge in [-0.2, -0.15) is 5.10 Å². The van der Waals surface area contributed by atoms with Crippen molar-refractivity contribution < 1.29 is 14.3 Å². The Hall–Kier alpha value is -4.65. The molecule has 7 heteroatoms. The number of benzene rings is 3. The van der Waals surface area contributed by atoms with E-state index in [0.717, 1.165) is 22.4 Å². The molecule has 0 spiro atoms. The van der Waals surface area contributed by atoms with Gasteiger partial charge in [-0.1, -0.05) is 54.6 Å². The predicted molar refractivity (Wildman–Crippen MR) is 135 cm³/mol. The number of methoxy groups -OCH3 is 1. The van der Waals surface area contributed by atoms with Gasteiger partial charge in [-0.05, 0) is 37.3 Å². The molecule has 35 heavy (non-hydrogen) atoms. The first kappa shape index (κ1) is 22.2. The SMILES string of the molecule is C=C1c2ccccc2C(=O)N1CC(=O)Nc1cc(-c2ccccc2OC)nn1-c1ccc(C)cc1. The van der Waals surface area contributed by atoms with E-state index in [-0.39, 0.29) is 18.4 Å². The summed E-state index contributed by atoms with van der Waals surface area (Å²) in [6.45, 7) is 5.87. The Morgan fingerprint density at radius 1 is 0.971 bits per heavy atom. The van der Waals surface area contributed by atoms with Crippen molar-refractivity contribution in [1.82, 2.24) is 14.7 Å². The lowest BCUT2D eigenvalue weighted by Crippen LogP contribution is -2.33. The van der Waals surface area contributed by atoms with E-state index in [2.05, 4.69) is 11.9 Å². The summed E-state index contributed by atoms with van der Waals surface area (Å²) in [7, 11) is 1.61. The normalized spacial score (nSPS) is 12.6. The number of nitrogens with one attached hydrogen (secondary N) is 1. The Morgan fingerprint density at radius 3 is 2.31 bits per heavy atom. The lowest BCUT2D eigenvalue weighted by molar-refractivity contribution is -0.116. The smallest absolute Gasteiger partial charge is 0.259 e. The number of anilines is 1. The number of ether oxygens (including phenoxy) is 1. The zero-order valence-corrected chi connectivity index (χ0v) is 19.5. The summed E-state index contributed by atoms with van der Waals surface area (Å²) in [6, 6.07) is 24.4. The maximum atomic E-state index is 13.1. The van der Waals surface area contributed by atoms with Crippen molar-refractivity contribution in [2.24, 2.45) is 0 Å². The van der Waals surface area contributed by atoms with Crippen LogP contribution in [0, 0.1) is 6.92 Å². The van der Waals surface area contributed by atoms with Crippen molar-refractivity contribution in [2.75, 3.05) is 19.0 Å². The van der Waals surface area contributed by atoms with Gasteiger partial charge in [0.15, 0.2) is 0 Å². The Labute approximate surface area is 203 Å². The van der Waals surface area contributed by atoms with Gasteiger partial charge < -0.3 is 10.1 Å². The monoisotopic (exact) mass is 464 g/mol. The zero-order valence-electron chi connectivity index (χ0n) is 19.5. The molecule has 0 radical (unpaired) electrons. The minimum atomic E-state index is -0.354. The van der Waals surface area contributed by atoms with E-state index in [1.54, 1.807) is 30.0 Å². The average molecular weight is 465 g/mol. The number of para-hydroxylation sites is 1. The standard InChI is InChI=1S/C28H24N4O3/c1-18-12-14-20(15-13-18)32-26(16-24(30-32)23-10-6-7-11-25(23)35-3)29-27(33)17-31-19(2)21-8-4-5-9-22(21)28(31)34/h4-16H,2,17H2,1,3H3,(H,29,33). The fourth-order valence-electron chi connectivity index (χ4n) is 4.17. The number of nitrogens with zero attached hydrogens (tertiary/aromatic N) is 3. The van der Waals surface area contributed by atoms with Crippen LogP contribution >= 0.6 is 0 Å². The number of carbonyl (C=O) groups is 2. The molecule has 0 saturated carbocycles. The molecule has 0 aliphatic carbocycles. The van der Waals surface area contributed by atoms with Gasteiger partial charge in [0.2, 0.25) is 5.91 Å². The summed E-state index contributed by atoms with van der Waals surface area (Å²) in [5.74, 6) is 0.569. The van der Waals surface area contributed by atoms with Crippen LogP contribution in [0.5, 0.6) is 5.75 Å². The first-order chi connectivity index (χ1) is 17.0. The molecule has 1 aliphatic rings. The number of fused-ring (bicyclic) bond motifs is 1. The molecule has 2 amide bonds. The summed E-state index contributed by atoms with van der Waals surface area (Å²) in [6.07, 6.45) is 0. The van der Waals surface area contributed by atoms with Gasteiger partial charge in [0.1, 0.15) is 18.1 Å². The van der Waals surface area contributed by atoms with Crippen molar-refractivity contribution in [1.29, 1.82) is 0 Å². The molecule has 0 fully saturated rings. The van der Waals surface area contributed by atoms with Crippen LogP contribution in [0.4, 0.5) is 5.82 Å². The first-order valence-corrected chi connectivity index (χ1v) is 11.2. The maximum absolute atomic E-state index is 13.1. The summed E-state index contributed by atoms with van der Waals surface area (Å²) in [4.78, 5) is 27.3. The number of rotatable bonds is 6. The van der Waals surface area contributed by atoms with Crippen LogP contribution in [0.1, 0.15) is 21.5 Å². The fraction of sp³-hybridized carbons (Fsp3) is 0.107. The topological polar surface area (TPSA) is 76.5 Å². The predicted octanol–water partition coefficient (Wildman–Crippen LogP) is 4.92. The number of hydrogen-bond acceptors (Lipinski definition) is 4. The number of hydrogen-bond donors (Lipinski definition) is 1. The molecule has 0 unspecified atom stereocenters. The van der Waals surface area contributed by atoms with Crippen LogP contribution in [0.2, 0.25) is 0 Å². The van der Waals surface area contributed by atoms with Gasteiger partial charge in [-0.15, -0.1) is 0 Å². The Kier molecular flexibility index (Phi) is 5.66. The van der Waals surface area contributed by atoms with Crippen LogP contribution in [0.15, 0.2) is 85.4 Å². The van der Waals surface area contributed by atoms with E-state index < -0.39 is 0 Å². The van der Waals surface area contributed by atoms with E-state index in [0.29, 0.717) is 28.5 Å². The van der Waals surface area contributed by atoms with E-state index in [4.69, 9.17) is 9.84 Å². The Morgan fingerprint density at radius 2 is 1.63 bits per heavy atom. The zero-order chi connectivity index (χ0) is 24.5. The molecule has 1 N–H and O–H groups in total. The van der Waals surface area contributed by atoms with Crippen molar-refractivity contribution >= 4 is 23.3 Å². The van der Waals surface area contributed by atoms with Gasteiger partial charge in [-0.3, -0.25) is 14.5 Å². The summed E-state index contributed by atoms with van der Waals surface area (Å²) in [5.41, 5.74) is 5.16. The number of aryl methyl sites for hydroxylation is 1. The third kappa shape index (κ3) is 4.08. The minimum absolute atomic E-state index is 0.157. The maximum Gasteiger partial charge on any atom is 0.259 e. The van der Waals surface area contributed by atoms with E-state index in [9.17, 15) is 9.59 Å². The van der Waals surface area contributed by atoms with Crippen LogP contribution in [0.25, 0.3) is 22.6 Å². The summed E-state index contributed by atoms with van der Waals surface area (Å²) in [5, 5.41) is 7.69. The molecule has 4 aromatic rings. The number of carbonyl (C=O) groups excluding carboxylic acids is 2. The molecule has 3 aromatic carbocycles. The van der Waals surface area contributed by atoms with Crippen LogP contribution in [-0.2, 0) is 4.79 Å². The molecule has 0 atom stereocenters. The molecular weight excluding hydrogens is 440 g/mol. The Bertz CT molecular complexity index is 1420. The molecule has 174 valence electrons. The van der Waals surface area contributed by atoms with Crippen molar-refractivity contribution in [2.45, 2.75) is 6.92 Å². The van der Waals surface area contributed by atoms with Gasteiger partial charge in [-0.25, -0.2) is 4.68 Å². The molecule has 0 saturated heterocycles. The first-order valence-electron chi connectivity index (χ1n) is 11.2. The number of amides is 2. The molecule has 5 rings (SSSR count). The second-order valence-corrected chi connectivity index (χ2v) is 8.29. The molecule has 0 bridgehead atoms. The molecular formula is C28H24N4O3. The van der Waals surface area contributed by atoms with E-state index >= 15 is 0 Å². The van der Waals surface area contributed by atoms with E-state index in [1.807, 2.05) is 67.6 Å². The van der Waals surface area contributed by atoms with Gasteiger partial charge in [0.05, 0.1) is 18.5 Å². The highest BCUT2D eigenvalue weighted by molar-refractivity contribution is 6.11.